The minimum atomic E-state index is -3.77. The van der Waals surface area contributed by atoms with Crippen molar-refractivity contribution in [2.24, 2.45) is 0 Å². The van der Waals surface area contributed by atoms with Crippen LogP contribution >= 0.6 is 11.8 Å². The molecule has 0 radical (unpaired) electrons. The van der Waals surface area contributed by atoms with E-state index in [9.17, 15) is 13.2 Å². The summed E-state index contributed by atoms with van der Waals surface area (Å²) >= 11 is 1.79. The number of rotatable bonds is 6. The fourth-order valence-corrected chi connectivity index (χ4v) is 5.58. The molecular formula is C23H22N2O4S2. The second kappa shape index (κ2) is 9.03. The predicted molar refractivity (Wildman–Crippen MR) is 122 cm³/mol. The second-order valence-corrected chi connectivity index (χ2v) is 9.88. The Morgan fingerprint density at radius 1 is 1.00 bits per heavy atom. The second-order valence-electron chi connectivity index (χ2n) is 7.06. The Bertz CT molecular complexity index is 1180. The molecule has 1 amide bonds. The lowest BCUT2D eigenvalue weighted by atomic mass is 10.0. The molecule has 1 atom stereocenters. The maximum Gasteiger partial charge on any atom is 0.261 e. The Morgan fingerprint density at radius 2 is 1.71 bits per heavy atom. The highest BCUT2D eigenvalue weighted by molar-refractivity contribution is 7.99. The van der Waals surface area contributed by atoms with E-state index in [1.807, 2.05) is 18.2 Å². The van der Waals surface area contributed by atoms with Gasteiger partial charge in [-0.3, -0.25) is 9.52 Å². The number of hydrogen-bond acceptors (Lipinski definition) is 5. The summed E-state index contributed by atoms with van der Waals surface area (Å²) < 4.78 is 32.9. The van der Waals surface area contributed by atoms with Gasteiger partial charge < -0.3 is 10.1 Å². The summed E-state index contributed by atoms with van der Waals surface area (Å²) in [4.78, 5) is 14.0. The molecule has 2 N–H and O–H groups in total. The summed E-state index contributed by atoms with van der Waals surface area (Å²) in [6, 6.07) is 20.5. The van der Waals surface area contributed by atoms with Gasteiger partial charge in [-0.1, -0.05) is 18.2 Å². The van der Waals surface area contributed by atoms with E-state index in [2.05, 4.69) is 16.1 Å². The number of fused-ring (bicyclic) bond motifs is 1. The van der Waals surface area contributed by atoms with Gasteiger partial charge in [0.15, 0.2) is 0 Å². The van der Waals surface area contributed by atoms with Crippen molar-refractivity contribution in [2.75, 3.05) is 17.6 Å². The lowest BCUT2D eigenvalue weighted by Crippen LogP contribution is -2.30. The van der Waals surface area contributed by atoms with Crippen LogP contribution < -0.4 is 14.8 Å². The molecule has 3 aromatic rings. The first kappa shape index (κ1) is 21.3. The molecular weight excluding hydrogens is 432 g/mol. The third-order valence-electron chi connectivity index (χ3n) is 5.03. The number of sulfonamides is 1. The average Bonchev–Trinajstić information content (AvgIpc) is 2.80. The summed E-state index contributed by atoms with van der Waals surface area (Å²) in [7, 11) is -2.22. The Hall–Kier alpha value is -2.97. The van der Waals surface area contributed by atoms with Gasteiger partial charge in [0.1, 0.15) is 5.75 Å². The minimum absolute atomic E-state index is 0.0508. The van der Waals surface area contributed by atoms with Crippen LogP contribution in [0.5, 0.6) is 5.75 Å². The number of anilines is 1. The molecule has 1 aliphatic heterocycles. The SMILES string of the molecule is COc1ccc(NS(=O)(=O)c2ccc(C(=O)NC3CCSc4ccccc43)cc2)cc1. The number of amides is 1. The highest BCUT2D eigenvalue weighted by Crippen LogP contribution is 2.36. The first-order valence-corrected chi connectivity index (χ1v) is 12.2. The first-order valence-electron chi connectivity index (χ1n) is 9.76. The van der Waals surface area contributed by atoms with Gasteiger partial charge in [-0.2, -0.15) is 0 Å². The highest BCUT2D eigenvalue weighted by atomic mass is 32.2. The van der Waals surface area contributed by atoms with Crippen molar-refractivity contribution in [3.8, 4) is 5.75 Å². The van der Waals surface area contributed by atoms with Crippen molar-refractivity contribution in [2.45, 2.75) is 22.3 Å². The molecule has 1 aliphatic rings. The zero-order chi connectivity index (χ0) is 21.8. The van der Waals surface area contributed by atoms with Gasteiger partial charge in [0, 0.05) is 21.9 Å². The van der Waals surface area contributed by atoms with Gasteiger partial charge in [-0.25, -0.2) is 8.42 Å². The third kappa shape index (κ3) is 4.86. The molecule has 31 heavy (non-hydrogen) atoms. The molecule has 0 spiro atoms. The van der Waals surface area contributed by atoms with Gasteiger partial charge in [-0.05, 0) is 66.6 Å². The van der Waals surface area contributed by atoms with E-state index >= 15 is 0 Å². The van der Waals surface area contributed by atoms with Gasteiger partial charge in [0.25, 0.3) is 15.9 Å². The smallest absolute Gasteiger partial charge is 0.261 e. The Labute approximate surface area is 186 Å². The molecule has 8 heteroatoms. The van der Waals surface area contributed by atoms with Crippen molar-refractivity contribution in [1.82, 2.24) is 5.32 Å². The van der Waals surface area contributed by atoms with E-state index in [1.165, 1.54) is 29.2 Å². The average molecular weight is 455 g/mol. The quantitative estimate of drug-likeness (QED) is 0.574. The fourth-order valence-electron chi connectivity index (χ4n) is 3.39. The Balaban J connectivity index is 1.45. The van der Waals surface area contributed by atoms with Gasteiger partial charge in [0.2, 0.25) is 0 Å². The molecule has 0 fully saturated rings. The summed E-state index contributed by atoms with van der Waals surface area (Å²) in [6.07, 6.45) is 0.853. The van der Waals surface area contributed by atoms with Crippen LogP contribution in [0.2, 0.25) is 0 Å². The number of ether oxygens (including phenoxy) is 1. The van der Waals surface area contributed by atoms with Crippen LogP contribution in [0.25, 0.3) is 0 Å². The van der Waals surface area contributed by atoms with Gasteiger partial charge in [-0.15, -0.1) is 11.8 Å². The van der Waals surface area contributed by atoms with Crippen LogP contribution in [0.1, 0.15) is 28.4 Å². The zero-order valence-corrected chi connectivity index (χ0v) is 18.5. The summed E-state index contributed by atoms with van der Waals surface area (Å²) in [5.41, 5.74) is 1.96. The lowest BCUT2D eigenvalue weighted by molar-refractivity contribution is 0.0935. The molecule has 0 aliphatic carbocycles. The van der Waals surface area contributed by atoms with Crippen molar-refractivity contribution in [3.63, 3.8) is 0 Å². The molecule has 1 heterocycles. The number of nitrogens with one attached hydrogen (secondary N) is 2. The van der Waals surface area contributed by atoms with E-state index in [-0.39, 0.29) is 16.8 Å². The number of carbonyl (C=O) groups excluding carboxylic acids is 1. The van der Waals surface area contributed by atoms with Crippen LogP contribution in [-0.2, 0) is 10.0 Å². The molecule has 0 bridgehead atoms. The number of thioether (sulfide) groups is 1. The van der Waals surface area contributed by atoms with Crippen molar-refractivity contribution >= 4 is 33.4 Å². The van der Waals surface area contributed by atoms with Crippen LogP contribution in [0.3, 0.4) is 0 Å². The van der Waals surface area contributed by atoms with E-state index < -0.39 is 10.0 Å². The monoisotopic (exact) mass is 454 g/mol. The third-order valence-corrected chi connectivity index (χ3v) is 7.55. The summed E-state index contributed by atoms with van der Waals surface area (Å²) in [5, 5.41) is 3.07. The Morgan fingerprint density at radius 3 is 2.42 bits per heavy atom. The van der Waals surface area contributed by atoms with E-state index in [4.69, 9.17) is 4.74 Å². The van der Waals surface area contributed by atoms with Crippen LogP contribution in [0, 0.1) is 0 Å². The molecule has 3 aromatic carbocycles. The first-order chi connectivity index (χ1) is 15.0. The summed E-state index contributed by atoms with van der Waals surface area (Å²) in [6.45, 7) is 0. The maximum atomic E-state index is 12.7. The number of carbonyl (C=O) groups is 1. The molecule has 1 unspecified atom stereocenters. The van der Waals surface area contributed by atoms with Crippen LogP contribution in [-0.4, -0.2) is 27.2 Å². The standard InChI is InChI=1S/C23H22N2O4S2/c1-29-18-10-8-17(9-11-18)25-31(27,28)19-12-6-16(7-13-19)23(26)24-21-14-15-30-22-5-3-2-4-20(21)22/h2-13,21,25H,14-15H2,1H3,(H,24,26). The van der Waals surface area contributed by atoms with Crippen molar-refractivity contribution in [1.29, 1.82) is 0 Å². The predicted octanol–water partition coefficient (Wildman–Crippen LogP) is 4.46. The van der Waals surface area contributed by atoms with Gasteiger partial charge >= 0.3 is 0 Å². The Kier molecular flexibility index (Phi) is 6.20. The van der Waals surface area contributed by atoms with Crippen LogP contribution in [0.15, 0.2) is 82.6 Å². The topological polar surface area (TPSA) is 84.5 Å². The molecule has 160 valence electrons. The lowest BCUT2D eigenvalue weighted by Gasteiger charge is -2.25. The van der Waals surface area contributed by atoms with E-state index in [0.29, 0.717) is 17.0 Å². The van der Waals surface area contributed by atoms with E-state index in [0.717, 1.165) is 17.7 Å². The molecule has 0 saturated carbocycles. The normalized spacial score (nSPS) is 15.6. The molecule has 6 nitrogen and oxygen atoms in total. The van der Waals surface area contributed by atoms with Crippen molar-refractivity contribution < 1.29 is 17.9 Å². The zero-order valence-electron chi connectivity index (χ0n) is 16.9. The minimum Gasteiger partial charge on any atom is -0.497 e. The van der Waals surface area contributed by atoms with Crippen LogP contribution in [0.4, 0.5) is 5.69 Å². The number of methoxy groups -OCH3 is 1. The fraction of sp³-hybridized carbons (Fsp3) is 0.174. The highest BCUT2D eigenvalue weighted by Gasteiger charge is 2.23. The number of benzene rings is 3. The molecule has 4 rings (SSSR count). The summed E-state index contributed by atoms with van der Waals surface area (Å²) in [5.74, 6) is 1.35. The maximum absolute atomic E-state index is 12.7. The van der Waals surface area contributed by atoms with Gasteiger partial charge in [0.05, 0.1) is 18.0 Å². The number of hydrogen-bond donors (Lipinski definition) is 2. The molecule has 0 aromatic heterocycles. The van der Waals surface area contributed by atoms with E-state index in [1.54, 1.807) is 43.1 Å². The van der Waals surface area contributed by atoms with Crippen molar-refractivity contribution in [3.05, 3.63) is 83.9 Å². The molecule has 0 saturated heterocycles. The largest absolute Gasteiger partial charge is 0.497 e.